The molecular formula is C16H24N4O4. The number of nitrogens with zero attached hydrogens (tertiary/aromatic N) is 3. The fourth-order valence-electron chi connectivity index (χ4n) is 3.02. The predicted molar refractivity (Wildman–Crippen MR) is 88.3 cm³/mol. The number of likely N-dealkylation sites (tertiary alicyclic amines) is 1. The normalized spacial score (nSPS) is 24.0. The first kappa shape index (κ1) is 16.6. The van der Waals surface area contributed by atoms with Gasteiger partial charge in [0, 0.05) is 18.7 Å². The predicted octanol–water partition coefficient (Wildman–Crippen LogP) is 2.45. The van der Waals surface area contributed by atoms with Gasteiger partial charge in [0.25, 0.3) is 0 Å². The fraction of sp³-hybridized carbons (Fsp3) is 0.625. The van der Waals surface area contributed by atoms with Gasteiger partial charge >= 0.3 is 6.09 Å². The van der Waals surface area contributed by atoms with Gasteiger partial charge in [-0.25, -0.2) is 4.79 Å². The van der Waals surface area contributed by atoms with Crippen LogP contribution in [-0.4, -0.2) is 49.4 Å². The van der Waals surface area contributed by atoms with Crippen molar-refractivity contribution >= 4 is 17.8 Å². The Morgan fingerprint density at radius 3 is 2.88 bits per heavy atom. The molecule has 3 N–H and O–H groups in total. The van der Waals surface area contributed by atoms with Gasteiger partial charge in [-0.3, -0.25) is 4.90 Å². The molecule has 0 aliphatic carbocycles. The fourth-order valence-corrected chi connectivity index (χ4v) is 3.02. The largest absolute Gasteiger partial charge is 0.493 e. The van der Waals surface area contributed by atoms with Crippen LogP contribution in [0.3, 0.4) is 0 Å². The van der Waals surface area contributed by atoms with Crippen LogP contribution in [-0.2, 0) is 4.74 Å². The van der Waals surface area contributed by atoms with Crippen molar-refractivity contribution in [3.05, 3.63) is 17.8 Å². The smallest absolute Gasteiger partial charge is 0.410 e. The number of aromatic nitrogens is 2. The van der Waals surface area contributed by atoms with E-state index in [0.29, 0.717) is 18.1 Å². The topological polar surface area (TPSA) is 99.9 Å². The van der Waals surface area contributed by atoms with E-state index in [0.717, 1.165) is 19.3 Å². The third kappa shape index (κ3) is 3.33. The van der Waals surface area contributed by atoms with Crippen LogP contribution in [0.15, 0.2) is 12.1 Å². The summed E-state index contributed by atoms with van der Waals surface area (Å²) in [6.07, 6.45) is 2.63. The monoisotopic (exact) mass is 336 g/mol. The number of rotatable bonds is 1. The Kier molecular flexibility index (Phi) is 4.16. The number of fused-ring (bicyclic) bond motifs is 1. The second-order valence-electron chi connectivity index (χ2n) is 7.17. The van der Waals surface area contributed by atoms with Crippen LogP contribution in [0.25, 0.3) is 5.88 Å². The zero-order valence-electron chi connectivity index (χ0n) is 14.2. The number of aliphatic hydroxyl groups is 2. The molecule has 0 radical (unpaired) electrons. The number of piperidine rings is 1. The van der Waals surface area contributed by atoms with Crippen molar-refractivity contribution in [3.8, 4) is 0 Å². The van der Waals surface area contributed by atoms with Gasteiger partial charge in [0.2, 0.25) is 5.88 Å². The summed E-state index contributed by atoms with van der Waals surface area (Å²) in [4.78, 5) is 14.2. The van der Waals surface area contributed by atoms with Crippen LogP contribution in [0.1, 0.15) is 51.8 Å². The van der Waals surface area contributed by atoms with Crippen LogP contribution in [0, 0.1) is 0 Å². The van der Waals surface area contributed by atoms with E-state index in [9.17, 15) is 15.0 Å². The van der Waals surface area contributed by atoms with Crippen LogP contribution in [0.5, 0.6) is 0 Å². The lowest BCUT2D eigenvalue weighted by Gasteiger charge is -2.35. The lowest BCUT2D eigenvalue weighted by Crippen LogP contribution is -2.42. The number of carbonyl (C=O) groups excluding carboxylic acids is 1. The van der Waals surface area contributed by atoms with Crippen molar-refractivity contribution in [1.29, 1.82) is 0 Å². The third-order valence-electron chi connectivity index (χ3n) is 4.02. The van der Waals surface area contributed by atoms with Crippen LogP contribution in [0.2, 0.25) is 0 Å². The molecule has 1 fully saturated rings. The van der Waals surface area contributed by atoms with Gasteiger partial charge in [0.1, 0.15) is 17.6 Å². The van der Waals surface area contributed by atoms with Gasteiger partial charge < -0.3 is 20.3 Å². The van der Waals surface area contributed by atoms with E-state index in [1.807, 2.05) is 20.8 Å². The number of nitrogens with one attached hydrogen (secondary N) is 1. The zero-order chi connectivity index (χ0) is 17.5. The highest BCUT2D eigenvalue weighted by atomic mass is 16.6. The van der Waals surface area contributed by atoms with Crippen molar-refractivity contribution < 1.29 is 19.7 Å². The van der Waals surface area contributed by atoms with E-state index < -0.39 is 11.8 Å². The summed E-state index contributed by atoms with van der Waals surface area (Å²) < 4.78 is 6.83. The molecule has 2 aliphatic heterocycles. The Hall–Kier alpha value is -2.22. The number of hydrogen-bond donors (Lipinski definition) is 3. The molecule has 0 aromatic carbocycles. The molecule has 1 amide bonds. The zero-order valence-corrected chi connectivity index (χ0v) is 14.2. The Bertz CT molecular complexity index is 662. The maximum absolute atomic E-state index is 12.5. The maximum atomic E-state index is 12.5. The third-order valence-corrected chi connectivity index (χ3v) is 4.02. The molecular weight excluding hydrogens is 312 g/mol. The van der Waals surface area contributed by atoms with E-state index in [4.69, 9.17) is 4.74 Å². The lowest BCUT2D eigenvalue weighted by atomic mass is 10.00. The van der Waals surface area contributed by atoms with E-state index in [-0.39, 0.29) is 18.0 Å². The van der Waals surface area contributed by atoms with Crippen LogP contribution >= 0.6 is 0 Å². The molecule has 1 aromatic rings. The number of anilines is 1. The molecule has 3 heterocycles. The van der Waals surface area contributed by atoms with E-state index in [1.165, 1.54) is 10.8 Å². The van der Waals surface area contributed by atoms with Crippen LogP contribution < -0.4 is 5.32 Å². The first-order valence-electron chi connectivity index (χ1n) is 8.20. The molecule has 8 heteroatoms. The molecule has 1 saturated heterocycles. The minimum Gasteiger partial charge on any atom is -0.493 e. The average molecular weight is 336 g/mol. The first-order valence-corrected chi connectivity index (χ1v) is 8.20. The van der Waals surface area contributed by atoms with Crippen molar-refractivity contribution in [2.75, 3.05) is 11.9 Å². The number of aliphatic hydroxyl groups excluding tert-OH is 2. The number of amides is 1. The standard InChI is InChI=1S/C16H24N4O4/c1-16(2,3)24-15(23)19-7-5-4-6-11(19)10-8-12-17-13(21)9-14(22)20(12)18-10/h8-9,11,13,17,21-22H,4-7H2,1-3H3/t11-,13?/m0/s1. The Morgan fingerprint density at radius 1 is 1.42 bits per heavy atom. The van der Waals surface area contributed by atoms with Gasteiger partial charge in [0.05, 0.1) is 11.7 Å². The summed E-state index contributed by atoms with van der Waals surface area (Å²) in [7, 11) is 0. The highest BCUT2D eigenvalue weighted by Crippen LogP contribution is 2.34. The minimum atomic E-state index is -0.963. The molecule has 3 rings (SSSR count). The Morgan fingerprint density at radius 2 is 2.17 bits per heavy atom. The summed E-state index contributed by atoms with van der Waals surface area (Å²) in [6.45, 7) is 6.13. The second-order valence-corrected chi connectivity index (χ2v) is 7.17. The molecule has 8 nitrogen and oxygen atoms in total. The number of hydrogen-bond acceptors (Lipinski definition) is 6. The number of carbonyl (C=O) groups is 1. The first-order chi connectivity index (χ1) is 11.2. The van der Waals surface area contributed by atoms with Crippen molar-refractivity contribution in [2.24, 2.45) is 0 Å². The molecule has 1 unspecified atom stereocenters. The molecule has 2 atom stereocenters. The van der Waals surface area contributed by atoms with Gasteiger partial charge in [-0.05, 0) is 40.0 Å². The van der Waals surface area contributed by atoms with Gasteiger partial charge in [0.15, 0.2) is 0 Å². The van der Waals surface area contributed by atoms with E-state index >= 15 is 0 Å². The molecule has 24 heavy (non-hydrogen) atoms. The number of ether oxygens (including phenoxy) is 1. The lowest BCUT2D eigenvalue weighted by molar-refractivity contribution is 0.00897. The SMILES string of the molecule is CC(C)(C)OC(=O)N1CCCC[C@H]1c1cc2n(n1)C(O)=CC(O)N2. The average Bonchev–Trinajstić information content (AvgIpc) is 2.89. The summed E-state index contributed by atoms with van der Waals surface area (Å²) in [6, 6.07) is 1.54. The minimum absolute atomic E-state index is 0.137. The highest BCUT2D eigenvalue weighted by molar-refractivity contribution is 5.69. The van der Waals surface area contributed by atoms with Gasteiger partial charge in [-0.1, -0.05) is 0 Å². The molecule has 2 aliphatic rings. The Labute approximate surface area is 140 Å². The second kappa shape index (κ2) is 6.01. The highest BCUT2D eigenvalue weighted by Gasteiger charge is 2.34. The van der Waals surface area contributed by atoms with Crippen molar-refractivity contribution in [3.63, 3.8) is 0 Å². The molecule has 0 bridgehead atoms. The Balaban J connectivity index is 1.86. The molecule has 132 valence electrons. The summed E-state index contributed by atoms with van der Waals surface area (Å²) >= 11 is 0. The summed E-state index contributed by atoms with van der Waals surface area (Å²) in [5.74, 6) is 0.356. The summed E-state index contributed by atoms with van der Waals surface area (Å²) in [5.41, 5.74) is 0.108. The van der Waals surface area contributed by atoms with Gasteiger partial charge in [-0.2, -0.15) is 9.78 Å². The van der Waals surface area contributed by atoms with Gasteiger partial charge in [-0.15, -0.1) is 0 Å². The van der Waals surface area contributed by atoms with E-state index in [1.54, 1.807) is 11.0 Å². The van der Waals surface area contributed by atoms with E-state index in [2.05, 4.69) is 10.4 Å². The van der Waals surface area contributed by atoms with Crippen molar-refractivity contribution in [1.82, 2.24) is 14.7 Å². The van der Waals surface area contributed by atoms with Crippen molar-refractivity contribution in [2.45, 2.75) is 57.9 Å². The van der Waals surface area contributed by atoms with Crippen LogP contribution in [0.4, 0.5) is 10.6 Å². The molecule has 1 aromatic heterocycles. The molecule has 0 spiro atoms. The maximum Gasteiger partial charge on any atom is 0.410 e. The molecule has 0 saturated carbocycles. The quantitative estimate of drug-likeness (QED) is 0.728. The summed E-state index contributed by atoms with van der Waals surface area (Å²) in [5, 5.41) is 26.8.